The van der Waals surface area contributed by atoms with Gasteiger partial charge in [-0.3, -0.25) is 4.79 Å². The summed E-state index contributed by atoms with van der Waals surface area (Å²) in [5.41, 5.74) is -0.825. The molecular weight excluding hydrogens is 306 g/mol. The van der Waals surface area contributed by atoms with Crippen molar-refractivity contribution < 1.29 is 19.9 Å². The van der Waals surface area contributed by atoms with Crippen molar-refractivity contribution in [1.82, 2.24) is 10.6 Å². The van der Waals surface area contributed by atoms with Gasteiger partial charge in [-0.1, -0.05) is 12.8 Å². The molecule has 0 radical (unpaired) electrons. The number of carboxylic acids is 1. The molecule has 3 atom stereocenters. The highest BCUT2D eigenvalue weighted by atomic mass is 35.5. The SMILES string of the molecule is Cl.Cl.O=C(O)C1(CCCCB(O)O)NCC2NCCC21. The summed E-state index contributed by atoms with van der Waals surface area (Å²) in [6, 6.07) is 0.268. The fourth-order valence-corrected chi connectivity index (χ4v) is 3.34. The Labute approximate surface area is 131 Å². The summed E-state index contributed by atoms with van der Waals surface area (Å²) in [5.74, 6) is -0.628. The van der Waals surface area contributed by atoms with Gasteiger partial charge in [0.25, 0.3) is 0 Å². The smallest absolute Gasteiger partial charge is 0.451 e. The first-order chi connectivity index (χ1) is 8.56. The standard InChI is InChI=1S/C11H21BN2O4.2ClH/c15-10(16)11(4-1-2-5-12(17)18)8-3-6-13-9(8)7-14-11;;/h8-9,13-14,17-18H,1-7H2,(H,15,16);2*1H. The minimum atomic E-state index is -1.29. The Morgan fingerprint density at radius 3 is 2.60 bits per heavy atom. The summed E-state index contributed by atoms with van der Waals surface area (Å²) in [7, 11) is -1.29. The first kappa shape index (κ1) is 20.0. The maximum atomic E-state index is 11.6. The number of aliphatic carboxylic acids is 1. The third-order valence-corrected chi connectivity index (χ3v) is 4.28. The summed E-state index contributed by atoms with van der Waals surface area (Å²) in [5, 5.41) is 33.6. The predicted octanol–water partition coefficient (Wildman–Crippen LogP) is -0.122. The van der Waals surface area contributed by atoms with Gasteiger partial charge in [0.05, 0.1) is 0 Å². The van der Waals surface area contributed by atoms with E-state index in [9.17, 15) is 9.90 Å². The zero-order valence-corrected chi connectivity index (χ0v) is 12.9. The van der Waals surface area contributed by atoms with Crippen molar-refractivity contribution >= 4 is 37.9 Å². The summed E-state index contributed by atoms with van der Waals surface area (Å²) < 4.78 is 0. The van der Waals surface area contributed by atoms with E-state index in [0.717, 1.165) is 13.0 Å². The van der Waals surface area contributed by atoms with Gasteiger partial charge in [0.2, 0.25) is 0 Å². The van der Waals surface area contributed by atoms with Gasteiger partial charge in [-0.2, -0.15) is 0 Å². The average Bonchev–Trinajstić information content (AvgIpc) is 2.86. The highest BCUT2D eigenvalue weighted by molar-refractivity contribution is 6.40. The lowest BCUT2D eigenvalue weighted by molar-refractivity contribution is -0.146. The molecule has 2 rings (SSSR count). The largest absolute Gasteiger partial charge is 0.480 e. The van der Waals surface area contributed by atoms with Crippen molar-refractivity contribution in [1.29, 1.82) is 0 Å². The molecule has 0 spiro atoms. The van der Waals surface area contributed by atoms with Crippen LogP contribution in [-0.2, 0) is 4.79 Å². The molecule has 2 saturated heterocycles. The molecular formula is C11H23BCl2N2O4. The number of hydrogen-bond donors (Lipinski definition) is 5. The van der Waals surface area contributed by atoms with Gasteiger partial charge in [-0.25, -0.2) is 0 Å². The van der Waals surface area contributed by atoms with Crippen LogP contribution in [0.3, 0.4) is 0 Å². The molecule has 0 aromatic carbocycles. The van der Waals surface area contributed by atoms with Gasteiger partial charge in [0, 0.05) is 18.5 Å². The van der Waals surface area contributed by atoms with Crippen LogP contribution in [0.25, 0.3) is 0 Å². The Morgan fingerprint density at radius 1 is 1.30 bits per heavy atom. The molecule has 0 saturated carbocycles. The maximum Gasteiger partial charge on any atom is 0.451 e. The lowest BCUT2D eigenvalue weighted by Gasteiger charge is -2.30. The lowest BCUT2D eigenvalue weighted by atomic mass is 9.77. The number of rotatable bonds is 6. The van der Waals surface area contributed by atoms with E-state index in [1.807, 2.05) is 0 Å². The molecule has 0 aliphatic carbocycles. The Balaban J connectivity index is 0.00000180. The predicted molar refractivity (Wildman–Crippen MR) is 81.6 cm³/mol. The van der Waals surface area contributed by atoms with Crippen LogP contribution >= 0.6 is 24.8 Å². The highest BCUT2D eigenvalue weighted by Crippen LogP contribution is 2.37. The van der Waals surface area contributed by atoms with Crippen molar-refractivity contribution in [2.75, 3.05) is 13.1 Å². The second-order valence-electron chi connectivity index (χ2n) is 5.34. The zero-order chi connectivity index (χ0) is 13.2. The van der Waals surface area contributed by atoms with Gasteiger partial charge in [0.15, 0.2) is 0 Å². The van der Waals surface area contributed by atoms with Crippen LogP contribution in [0.1, 0.15) is 25.7 Å². The maximum absolute atomic E-state index is 11.6. The minimum absolute atomic E-state index is 0. The second-order valence-corrected chi connectivity index (χ2v) is 5.34. The second kappa shape index (κ2) is 8.41. The van der Waals surface area contributed by atoms with Crippen LogP contribution in [0.2, 0.25) is 6.32 Å². The fraction of sp³-hybridized carbons (Fsp3) is 0.909. The van der Waals surface area contributed by atoms with E-state index in [1.165, 1.54) is 0 Å². The van der Waals surface area contributed by atoms with Crippen molar-refractivity contribution in [2.45, 2.75) is 43.6 Å². The molecule has 118 valence electrons. The first-order valence-corrected chi connectivity index (χ1v) is 6.64. The number of carbonyl (C=O) groups is 1. The summed E-state index contributed by atoms with van der Waals surface area (Å²) in [4.78, 5) is 11.6. The number of fused-ring (bicyclic) bond motifs is 1. The molecule has 2 aliphatic rings. The Hall–Kier alpha value is -0.0451. The molecule has 2 heterocycles. The number of carboxylic acid groups (broad SMARTS) is 1. The number of halogens is 2. The molecule has 5 N–H and O–H groups in total. The molecule has 6 nitrogen and oxygen atoms in total. The van der Waals surface area contributed by atoms with E-state index < -0.39 is 18.6 Å². The van der Waals surface area contributed by atoms with Crippen LogP contribution in [0.5, 0.6) is 0 Å². The Morgan fingerprint density at radius 2 is 2.00 bits per heavy atom. The topological polar surface area (TPSA) is 102 Å². The van der Waals surface area contributed by atoms with E-state index >= 15 is 0 Å². The summed E-state index contributed by atoms with van der Waals surface area (Å²) >= 11 is 0. The summed E-state index contributed by atoms with van der Waals surface area (Å²) in [6.45, 7) is 1.60. The number of hydrogen-bond acceptors (Lipinski definition) is 5. The molecule has 3 unspecified atom stereocenters. The molecule has 9 heteroatoms. The van der Waals surface area contributed by atoms with Gasteiger partial charge >= 0.3 is 13.1 Å². The number of nitrogens with one attached hydrogen (secondary N) is 2. The minimum Gasteiger partial charge on any atom is -0.480 e. The molecule has 0 bridgehead atoms. The molecule has 20 heavy (non-hydrogen) atoms. The summed E-state index contributed by atoms with van der Waals surface area (Å²) in [6.07, 6.45) is 3.09. The van der Waals surface area contributed by atoms with E-state index in [1.54, 1.807) is 0 Å². The van der Waals surface area contributed by atoms with Crippen LogP contribution < -0.4 is 10.6 Å². The van der Waals surface area contributed by atoms with Gasteiger partial charge in [-0.15, -0.1) is 24.8 Å². The van der Waals surface area contributed by atoms with Crippen LogP contribution in [0, 0.1) is 5.92 Å². The van der Waals surface area contributed by atoms with Crippen LogP contribution in [-0.4, -0.2) is 52.9 Å². The molecule has 0 aromatic heterocycles. The zero-order valence-electron chi connectivity index (χ0n) is 11.2. The third-order valence-electron chi connectivity index (χ3n) is 4.28. The van der Waals surface area contributed by atoms with E-state index in [2.05, 4.69) is 10.6 Å². The van der Waals surface area contributed by atoms with Gasteiger partial charge in [-0.05, 0) is 25.7 Å². The third kappa shape index (κ3) is 3.99. The first-order valence-electron chi connectivity index (χ1n) is 6.64. The van der Waals surface area contributed by atoms with Crippen molar-refractivity contribution in [3.63, 3.8) is 0 Å². The Bertz CT molecular complexity index is 325. The van der Waals surface area contributed by atoms with E-state index in [0.29, 0.717) is 32.1 Å². The number of unbranched alkanes of at least 4 members (excludes halogenated alkanes) is 1. The monoisotopic (exact) mass is 328 g/mol. The van der Waals surface area contributed by atoms with E-state index in [-0.39, 0.29) is 36.8 Å². The van der Waals surface area contributed by atoms with Crippen molar-refractivity contribution in [2.24, 2.45) is 5.92 Å². The van der Waals surface area contributed by atoms with E-state index in [4.69, 9.17) is 10.0 Å². The van der Waals surface area contributed by atoms with Crippen LogP contribution in [0.15, 0.2) is 0 Å². The fourth-order valence-electron chi connectivity index (χ4n) is 3.34. The molecule has 2 aliphatic heterocycles. The van der Waals surface area contributed by atoms with Crippen molar-refractivity contribution in [3.05, 3.63) is 0 Å². The normalized spacial score (nSPS) is 31.1. The van der Waals surface area contributed by atoms with Gasteiger partial charge in [0.1, 0.15) is 5.54 Å². The Kier molecular flexibility index (Phi) is 8.39. The molecule has 0 aromatic rings. The van der Waals surface area contributed by atoms with Gasteiger partial charge < -0.3 is 25.8 Å². The molecule has 2 fully saturated rings. The highest BCUT2D eigenvalue weighted by Gasteiger charge is 2.54. The quantitative estimate of drug-likeness (QED) is 0.344. The molecule has 0 amide bonds. The lowest BCUT2D eigenvalue weighted by Crippen LogP contribution is -2.52. The van der Waals surface area contributed by atoms with Crippen LogP contribution in [0.4, 0.5) is 0 Å². The van der Waals surface area contributed by atoms with Crippen molar-refractivity contribution in [3.8, 4) is 0 Å². The average molecular weight is 329 g/mol.